The lowest BCUT2D eigenvalue weighted by Gasteiger charge is -2.34. The van der Waals surface area contributed by atoms with E-state index in [2.05, 4.69) is 31.0 Å². The van der Waals surface area contributed by atoms with Gasteiger partial charge in [0.15, 0.2) is 5.82 Å². The zero-order valence-corrected chi connectivity index (χ0v) is 20.2. The van der Waals surface area contributed by atoms with E-state index in [1.807, 2.05) is 6.07 Å². The predicted octanol–water partition coefficient (Wildman–Crippen LogP) is 2.74. The number of aromatic amines is 1. The van der Waals surface area contributed by atoms with E-state index in [1.54, 1.807) is 24.4 Å². The Balaban J connectivity index is 1.33. The average molecular weight is 523 g/mol. The number of fused-ring (bicyclic) bond motifs is 2. The topological polar surface area (TPSA) is 131 Å². The molecule has 3 atom stereocenters. The number of carbonyl (C=O) groups is 2. The van der Waals surface area contributed by atoms with Crippen LogP contribution in [0.3, 0.4) is 0 Å². The number of aromatic nitrogens is 6. The van der Waals surface area contributed by atoms with Gasteiger partial charge >= 0.3 is 0 Å². The van der Waals surface area contributed by atoms with Gasteiger partial charge in [-0.25, -0.2) is 4.39 Å². The highest BCUT2D eigenvalue weighted by molar-refractivity contribution is 6.31. The molecule has 6 rings (SSSR count). The number of H-pyrrole nitrogens is 1. The van der Waals surface area contributed by atoms with Gasteiger partial charge in [-0.3, -0.25) is 14.7 Å². The first kappa shape index (κ1) is 23.3. The van der Waals surface area contributed by atoms with Crippen molar-refractivity contribution in [3.05, 3.63) is 65.3 Å². The fraction of sp³-hybridized carbons (Fsp3) is 0.250. The minimum Gasteiger partial charge on any atom is -0.379 e. The summed E-state index contributed by atoms with van der Waals surface area (Å²) in [5.41, 5.74) is 2.32. The van der Waals surface area contributed by atoms with E-state index in [9.17, 15) is 9.59 Å². The van der Waals surface area contributed by atoms with Crippen molar-refractivity contribution in [3.8, 4) is 5.69 Å². The minimum absolute atomic E-state index is 0.0934. The van der Waals surface area contributed by atoms with Gasteiger partial charge in [0.1, 0.15) is 12.4 Å². The number of rotatable bonds is 5. The molecule has 1 unspecified atom stereocenters. The van der Waals surface area contributed by atoms with E-state index < -0.39 is 29.9 Å². The Kier molecular flexibility index (Phi) is 5.69. The number of nitrogens with zero attached hydrogens (tertiary/aromatic N) is 6. The second kappa shape index (κ2) is 9.05. The van der Waals surface area contributed by atoms with Crippen LogP contribution in [-0.2, 0) is 14.3 Å². The molecule has 2 N–H and O–H groups in total. The van der Waals surface area contributed by atoms with E-state index >= 15 is 4.39 Å². The van der Waals surface area contributed by atoms with Crippen molar-refractivity contribution in [3.63, 3.8) is 0 Å². The van der Waals surface area contributed by atoms with Gasteiger partial charge in [-0.2, -0.15) is 9.78 Å². The van der Waals surface area contributed by atoms with E-state index in [4.69, 9.17) is 16.3 Å². The van der Waals surface area contributed by atoms with Crippen molar-refractivity contribution < 1.29 is 18.7 Å². The number of hydrogen-bond donors (Lipinski definition) is 2. The van der Waals surface area contributed by atoms with Crippen molar-refractivity contribution in [2.24, 2.45) is 0 Å². The molecule has 0 bridgehead atoms. The smallest absolute Gasteiger partial charge is 0.247 e. The van der Waals surface area contributed by atoms with E-state index in [1.165, 1.54) is 35.2 Å². The fourth-order valence-electron chi connectivity index (χ4n) is 5.17. The second-order valence-corrected chi connectivity index (χ2v) is 9.29. The van der Waals surface area contributed by atoms with E-state index in [-0.39, 0.29) is 22.9 Å². The Labute approximate surface area is 214 Å². The Morgan fingerprint density at radius 3 is 2.95 bits per heavy atom. The maximum absolute atomic E-state index is 15.3. The number of hydrogen-bond acceptors (Lipinski definition) is 7. The standard InChI is InChI=1S/C24H20ClFN8O3/c1-37-20-9-19(24(36)29-14-2-4-16-13(6-14)10-27-30-16)34-18(20)7-12(8-21(34)35)22-17(33-11-28-31-32-33)5-3-15(25)23(22)26/h2-6,8,10-11,18-20H,7,9H2,1H3,(H,27,30)(H,29,36)/t18?,19-,20+/m0/s1. The summed E-state index contributed by atoms with van der Waals surface area (Å²) in [6.45, 7) is 0. The summed E-state index contributed by atoms with van der Waals surface area (Å²) in [4.78, 5) is 28.2. The summed E-state index contributed by atoms with van der Waals surface area (Å²) >= 11 is 6.10. The third-order valence-corrected chi connectivity index (χ3v) is 7.15. The lowest BCUT2D eigenvalue weighted by molar-refractivity contribution is -0.135. The highest BCUT2D eigenvalue weighted by Crippen LogP contribution is 2.41. The molecule has 4 heterocycles. The number of halogens is 2. The van der Waals surface area contributed by atoms with Gasteiger partial charge in [0, 0.05) is 36.2 Å². The molecule has 0 spiro atoms. The number of methoxy groups -OCH3 is 1. The molecule has 2 amide bonds. The monoisotopic (exact) mass is 522 g/mol. The van der Waals surface area contributed by atoms with Crippen LogP contribution in [-0.4, -0.2) is 72.4 Å². The molecular formula is C24H20ClFN8O3. The summed E-state index contributed by atoms with van der Waals surface area (Å²) in [5.74, 6) is -1.43. The van der Waals surface area contributed by atoms with Crippen molar-refractivity contribution in [1.29, 1.82) is 0 Å². The molecule has 0 radical (unpaired) electrons. The van der Waals surface area contributed by atoms with E-state index in [0.717, 1.165) is 10.9 Å². The summed E-state index contributed by atoms with van der Waals surface area (Å²) in [6.07, 6.45) is 4.45. The number of amides is 2. The zero-order valence-electron chi connectivity index (χ0n) is 19.4. The van der Waals surface area contributed by atoms with Gasteiger partial charge in [0.2, 0.25) is 11.8 Å². The van der Waals surface area contributed by atoms with Crippen LogP contribution < -0.4 is 5.32 Å². The number of tetrazole rings is 1. The largest absolute Gasteiger partial charge is 0.379 e. The zero-order chi connectivity index (χ0) is 25.7. The van der Waals surface area contributed by atoms with Crippen molar-refractivity contribution >= 4 is 45.6 Å². The Bertz CT molecular complexity index is 1550. The van der Waals surface area contributed by atoms with Crippen LogP contribution in [0, 0.1) is 5.82 Å². The van der Waals surface area contributed by atoms with Crippen LogP contribution in [0.2, 0.25) is 5.02 Å². The first-order valence-electron chi connectivity index (χ1n) is 11.5. The third kappa shape index (κ3) is 3.94. The molecule has 188 valence electrons. The summed E-state index contributed by atoms with van der Waals surface area (Å²) in [6, 6.07) is 7.13. The highest BCUT2D eigenvalue weighted by atomic mass is 35.5. The molecule has 13 heteroatoms. The lowest BCUT2D eigenvalue weighted by atomic mass is 9.91. The first-order valence-corrected chi connectivity index (χ1v) is 11.8. The second-order valence-electron chi connectivity index (χ2n) is 8.88. The third-order valence-electron chi connectivity index (χ3n) is 6.86. The predicted molar refractivity (Wildman–Crippen MR) is 131 cm³/mol. The van der Waals surface area contributed by atoms with Gasteiger partial charge in [0.05, 0.1) is 34.6 Å². The molecule has 2 aromatic heterocycles. The van der Waals surface area contributed by atoms with Gasteiger partial charge < -0.3 is 15.0 Å². The number of carbonyl (C=O) groups excluding carboxylic acids is 2. The fourth-order valence-corrected chi connectivity index (χ4v) is 5.33. The van der Waals surface area contributed by atoms with Crippen molar-refractivity contribution in [2.75, 3.05) is 12.4 Å². The molecule has 11 nitrogen and oxygen atoms in total. The first-order chi connectivity index (χ1) is 17.9. The molecule has 4 aromatic rings. The van der Waals surface area contributed by atoms with Crippen LogP contribution in [0.25, 0.3) is 22.2 Å². The van der Waals surface area contributed by atoms with Crippen molar-refractivity contribution in [1.82, 2.24) is 35.3 Å². The summed E-state index contributed by atoms with van der Waals surface area (Å²) < 4.78 is 22.3. The molecule has 2 aliphatic rings. The SMILES string of the molecule is CO[C@@H]1C[C@@H](C(=O)Nc2ccc3[nH]ncc3c2)N2C(=O)C=C(c3c(-n4cnnn4)ccc(Cl)c3F)CC12. The summed E-state index contributed by atoms with van der Waals surface area (Å²) in [5, 5.41) is 21.6. The lowest BCUT2D eigenvalue weighted by Crippen LogP contribution is -2.49. The average Bonchev–Trinajstić information content (AvgIpc) is 3.65. The van der Waals surface area contributed by atoms with Gasteiger partial charge in [-0.15, -0.1) is 5.10 Å². The molecular weight excluding hydrogens is 503 g/mol. The Morgan fingerprint density at radius 1 is 1.30 bits per heavy atom. The maximum atomic E-state index is 15.3. The van der Waals surface area contributed by atoms with Crippen LogP contribution in [0.1, 0.15) is 18.4 Å². The summed E-state index contributed by atoms with van der Waals surface area (Å²) in [7, 11) is 1.53. The number of nitrogens with one attached hydrogen (secondary N) is 2. The number of benzene rings is 2. The number of anilines is 1. The number of ether oxygens (including phenoxy) is 1. The van der Waals surface area contributed by atoms with Crippen LogP contribution in [0.5, 0.6) is 0 Å². The molecule has 2 aromatic carbocycles. The minimum atomic E-state index is -0.761. The van der Waals surface area contributed by atoms with Crippen molar-refractivity contribution in [2.45, 2.75) is 31.0 Å². The molecule has 0 saturated carbocycles. The van der Waals surface area contributed by atoms with E-state index in [0.29, 0.717) is 23.4 Å². The quantitative estimate of drug-likeness (QED) is 0.412. The Hall–Kier alpha value is -4.16. The molecule has 0 aliphatic carbocycles. The van der Waals surface area contributed by atoms with Gasteiger partial charge in [0.25, 0.3) is 0 Å². The van der Waals surface area contributed by atoms with Gasteiger partial charge in [-0.1, -0.05) is 11.6 Å². The molecule has 1 fully saturated rings. The normalized spacial score (nSPS) is 21.3. The van der Waals surface area contributed by atoms with Crippen LogP contribution >= 0.6 is 11.6 Å². The molecule has 37 heavy (non-hydrogen) atoms. The Morgan fingerprint density at radius 2 is 2.16 bits per heavy atom. The molecule has 2 aliphatic heterocycles. The van der Waals surface area contributed by atoms with Crippen LogP contribution in [0.15, 0.2) is 48.9 Å². The highest BCUT2D eigenvalue weighted by Gasteiger charge is 2.49. The molecule has 1 saturated heterocycles. The maximum Gasteiger partial charge on any atom is 0.247 e. The van der Waals surface area contributed by atoms with Crippen LogP contribution in [0.4, 0.5) is 10.1 Å². The van der Waals surface area contributed by atoms with Gasteiger partial charge in [-0.05, 0) is 52.8 Å².